The van der Waals surface area contributed by atoms with Crippen molar-refractivity contribution >= 4 is 5.91 Å². The highest BCUT2D eigenvalue weighted by Crippen LogP contribution is 2.37. The van der Waals surface area contributed by atoms with E-state index >= 15 is 0 Å². The Morgan fingerprint density at radius 2 is 1.91 bits per heavy atom. The smallest absolute Gasteiger partial charge is 0.222 e. The van der Waals surface area contributed by atoms with Gasteiger partial charge in [0.25, 0.3) is 0 Å². The zero-order chi connectivity index (χ0) is 16.0. The maximum atomic E-state index is 12.5. The van der Waals surface area contributed by atoms with E-state index in [1.54, 1.807) is 6.20 Å². The zero-order valence-electron chi connectivity index (χ0n) is 13.6. The molecule has 1 aliphatic rings. The standard InChI is InChI=1S/C19H25N3O/c23-18(21-13-9-17-8-2-5-12-20-17)16-19(10-3-1-4-11-19)22-14-6-7-15-22/h2,5-8,12,14-15H,1,3-4,9-11,13,16H2,(H,21,23). The van der Waals surface area contributed by atoms with Crippen molar-refractivity contribution < 1.29 is 4.79 Å². The summed E-state index contributed by atoms with van der Waals surface area (Å²) in [6.07, 6.45) is 13.2. The zero-order valence-corrected chi connectivity index (χ0v) is 13.6. The third kappa shape index (κ3) is 4.01. The molecule has 0 atom stereocenters. The maximum absolute atomic E-state index is 12.5. The molecule has 4 heteroatoms. The van der Waals surface area contributed by atoms with E-state index in [0.717, 1.165) is 25.0 Å². The van der Waals surface area contributed by atoms with Gasteiger partial charge in [0.05, 0.1) is 12.0 Å². The Morgan fingerprint density at radius 3 is 2.61 bits per heavy atom. The number of aromatic nitrogens is 2. The first-order valence-corrected chi connectivity index (χ1v) is 8.59. The van der Waals surface area contributed by atoms with Crippen LogP contribution in [0.15, 0.2) is 48.9 Å². The Hall–Kier alpha value is -2.10. The Balaban J connectivity index is 1.56. The number of carbonyl (C=O) groups is 1. The number of nitrogens with one attached hydrogen (secondary N) is 1. The molecule has 1 saturated carbocycles. The maximum Gasteiger partial charge on any atom is 0.222 e. The first-order chi connectivity index (χ1) is 11.3. The van der Waals surface area contributed by atoms with E-state index in [1.807, 2.05) is 18.2 Å². The highest BCUT2D eigenvalue weighted by molar-refractivity contribution is 5.77. The molecule has 1 amide bonds. The molecule has 1 N–H and O–H groups in total. The van der Waals surface area contributed by atoms with Gasteiger partial charge in [-0.05, 0) is 37.1 Å². The minimum atomic E-state index is -0.0309. The number of pyridine rings is 1. The van der Waals surface area contributed by atoms with E-state index < -0.39 is 0 Å². The fraction of sp³-hybridized carbons (Fsp3) is 0.474. The molecule has 3 rings (SSSR count). The Bertz CT molecular complexity index is 601. The molecule has 1 fully saturated rings. The highest BCUT2D eigenvalue weighted by Gasteiger charge is 2.35. The van der Waals surface area contributed by atoms with Crippen LogP contribution in [0.5, 0.6) is 0 Å². The van der Waals surface area contributed by atoms with Gasteiger partial charge in [-0.25, -0.2) is 0 Å². The number of amides is 1. The molecule has 4 nitrogen and oxygen atoms in total. The van der Waals surface area contributed by atoms with Crippen molar-refractivity contribution in [1.82, 2.24) is 14.9 Å². The van der Waals surface area contributed by atoms with Crippen molar-refractivity contribution in [2.45, 2.75) is 50.5 Å². The molecule has 0 aromatic carbocycles. The Labute approximate surface area is 137 Å². The van der Waals surface area contributed by atoms with Gasteiger partial charge < -0.3 is 9.88 Å². The van der Waals surface area contributed by atoms with Gasteiger partial charge in [0, 0.05) is 37.3 Å². The summed E-state index contributed by atoms with van der Waals surface area (Å²) in [5.74, 6) is 0.150. The van der Waals surface area contributed by atoms with Crippen LogP contribution < -0.4 is 5.32 Å². The lowest BCUT2D eigenvalue weighted by molar-refractivity contribution is -0.123. The summed E-state index contributed by atoms with van der Waals surface area (Å²) in [5.41, 5.74) is 0.988. The van der Waals surface area contributed by atoms with Crippen LogP contribution in [0.4, 0.5) is 0 Å². The van der Waals surface area contributed by atoms with Gasteiger partial charge in [0.15, 0.2) is 0 Å². The fourth-order valence-corrected chi connectivity index (χ4v) is 3.62. The van der Waals surface area contributed by atoms with Crippen molar-refractivity contribution in [2.24, 2.45) is 0 Å². The largest absolute Gasteiger partial charge is 0.356 e. The number of carbonyl (C=O) groups excluding carboxylic acids is 1. The SMILES string of the molecule is O=C(CC1(n2cccc2)CCCCC1)NCCc1ccccn1. The van der Waals surface area contributed by atoms with Crippen LogP contribution in [0.2, 0.25) is 0 Å². The minimum Gasteiger partial charge on any atom is -0.356 e. The summed E-state index contributed by atoms with van der Waals surface area (Å²) in [4.78, 5) is 16.7. The second-order valence-electron chi connectivity index (χ2n) is 6.47. The Kier molecular flexibility index (Phi) is 5.11. The highest BCUT2D eigenvalue weighted by atomic mass is 16.1. The Morgan fingerprint density at radius 1 is 1.13 bits per heavy atom. The van der Waals surface area contributed by atoms with Crippen molar-refractivity contribution in [2.75, 3.05) is 6.54 Å². The van der Waals surface area contributed by atoms with E-state index in [4.69, 9.17) is 0 Å². The first-order valence-electron chi connectivity index (χ1n) is 8.59. The van der Waals surface area contributed by atoms with E-state index in [9.17, 15) is 4.79 Å². The van der Waals surface area contributed by atoms with E-state index in [-0.39, 0.29) is 11.4 Å². The van der Waals surface area contributed by atoms with Gasteiger partial charge in [-0.15, -0.1) is 0 Å². The normalized spacial score (nSPS) is 16.9. The molecule has 2 aromatic heterocycles. The van der Waals surface area contributed by atoms with Gasteiger partial charge in [-0.1, -0.05) is 25.3 Å². The van der Waals surface area contributed by atoms with Crippen LogP contribution in [0, 0.1) is 0 Å². The van der Waals surface area contributed by atoms with Gasteiger partial charge in [-0.2, -0.15) is 0 Å². The van der Waals surface area contributed by atoms with Crippen LogP contribution in [-0.2, 0) is 16.8 Å². The van der Waals surface area contributed by atoms with Crippen molar-refractivity contribution in [3.8, 4) is 0 Å². The molecule has 0 radical (unpaired) electrons. The van der Waals surface area contributed by atoms with E-state index in [0.29, 0.717) is 13.0 Å². The van der Waals surface area contributed by atoms with Crippen LogP contribution in [0.25, 0.3) is 0 Å². The molecular weight excluding hydrogens is 286 g/mol. The lowest BCUT2D eigenvalue weighted by Gasteiger charge is -2.38. The summed E-state index contributed by atoms with van der Waals surface area (Å²) in [7, 11) is 0. The third-order valence-electron chi connectivity index (χ3n) is 4.86. The molecule has 2 heterocycles. The van der Waals surface area contributed by atoms with E-state index in [1.165, 1.54) is 19.3 Å². The summed E-state index contributed by atoms with van der Waals surface area (Å²) >= 11 is 0. The van der Waals surface area contributed by atoms with Crippen LogP contribution in [0.1, 0.15) is 44.2 Å². The molecule has 0 unspecified atom stereocenters. The number of hydrogen-bond donors (Lipinski definition) is 1. The van der Waals surface area contributed by atoms with Crippen molar-refractivity contribution in [1.29, 1.82) is 0 Å². The predicted octanol–water partition coefficient (Wildman–Crippen LogP) is 3.29. The lowest BCUT2D eigenvalue weighted by atomic mass is 9.78. The number of hydrogen-bond acceptors (Lipinski definition) is 2. The summed E-state index contributed by atoms with van der Waals surface area (Å²) in [6.45, 7) is 0.650. The van der Waals surface area contributed by atoms with E-state index in [2.05, 4.69) is 39.4 Å². The van der Waals surface area contributed by atoms with Crippen LogP contribution >= 0.6 is 0 Å². The van der Waals surface area contributed by atoms with Crippen LogP contribution in [-0.4, -0.2) is 22.0 Å². The molecule has 0 spiro atoms. The topological polar surface area (TPSA) is 46.9 Å². The van der Waals surface area contributed by atoms with Crippen molar-refractivity contribution in [3.63, 3.8) is 0 Å². The fourth-order valence-electron chi connectivity index (χ4n) is 3.62. The number of rotatable bonds is 6. The molecule has 1 aliphatic carbocycles. The minimum absolute atomic E-state index is 0.0309. The number of nitrogens with zero attached hydrogens (tertiary/aromatic N) is 2. The quantitative estimate of drug-likeness (QED) is 0.890. The molecular formula is C19H25N3O. The monoisotopic (exact) mass is 311 g/mol. The molecule has 0 saturated heterocycles. The van der Waals surface area contributed by atoms with Crippen LogP contribution in [0.3, 0.4) is 0 Å². The van der Waals surface area contributed by atoms with Crippen molar-refractivity contribution in [3.05, 3.63) is 54.6 Å². The predicted molar refractivity (Wildman–Crippen MR) is 91.1 cm³/mol. The molecule has 0 bridgehead atoms. The van der Waals surface area contributed by atoms with Gasteiger partial charge >= 0.3 is 0 Å². The summed E-state index contributed by atoms with van der Waals surface area (Å²) < 4.78 is 2.25. The third-order valence-corrected chi connectivity index (χ3v) is 4.86. The van der Waals surface area contributed by atoms with Gasteiger partial charge in [0.2, 0.25) is 5.91 Å². The second-order valence-corrected chi connectivity index (χ2v) is 6.47. The molecule has 2 aromatic rings. The average molecular weight is 311 g/mol. The second kappa shape index (κ2) is 7.44. The van der Waals surface area contributed by atoms with Gasteiger partial charge in [0.1, 0.15) is 0 Å². The molecule has 23 heavy (non-hydrogen) atoms. The summed E-state index contributed by atoms with van der Waals surface area (Å²) in [5, 5.41) is 3.07. The first kappa shape index (κ1) is 15.8. The summed E-state index contributed by atoms with van der Waals surface area (Å²) in [6, 6.07) is 9.98. The average Bonchev–Trinajstić information content (AvgIpc) is 3.12. The molecule has 122 valence electrons. The molecule has 0 aliphatic heterocycles. The van der Waals surface area contributed by atoms with Gasteiger partial charge in [-0.3, -0.25) is 9.78 Å². The lowest BCUT2D eigenvalue weighted by Crippen LogP contribution is -2.41.